The van der Waals surface area contributed by atoms with Crippen LogP contribution >= 0.6 is 12.2 Å². The Morgan fingerprint density at radius 2 is 1.88 bits per heavy atom. The summed E-state index contributed by atoms with van der Waals surface area (Å²) in [6.45, 7) is 1.95. The molecule has 1 aliphatic rings. The van der Waals surface area contributed by atoms with E-state index in [1.54, 1.807) is 0 Å². The van der Waals surface area contributed by atoms with Crippen molar-refractivity contribution in [2.75, 3.05) is 18.4 Å². The van der Waals surface area contributed by atoms with Crippen molar-refractivity contribution in [3.05, 3.63) is 30.3 Å². The van der Waals surface area contributed by atoms with Crippen LogP contribution in [0.15, 0.2) is 35.3 Å². The lowest BCUT2D eigenvalue weighted by molar-refractivity contribution is 0.514. The molecule has 1 aromatic rings. The lowest BCUT2D eigenvalue weighted by Gasteiger charge is -2.15. The van der Waals surface area contributed by atoms with E-state index < -0.39 is 0 Å². The van der Waals surface area contributed by atoms with Crippen LogP contribution in [0.1, 0.15) is 12.8 Å². The Balaban J connectivity index is 1.94. The molecule has 0 spiro atoms. The van der Waals surface area contributed by atoms with Crippen LogP contribution in [-0.4, -0.2) is 29.1 Å². The molecule has 0 aromatic heterocycles. The normalized spacial score (nSPS) is 16.0. The summed E-state index contributed by atoms with van der Waals surface area (Å²) < 4.78 is 0. The molecule has 0 saturated carbocycles. The molecule has 0 unspecified atom stereocenters. The molecule has 0 bridgehead atoms. The van der Waals surface area contributed by atoms with Gasteiger partial charge < -0.3 is 16.0 Å². The van der Waals surface area contributed by atoms with E-state index in [-0.39, 0.29) is 0 Å². The fourth-order valence-electron chi connectivity index (χ4n) is 1.79. The number of rotatable bonds is 1. The van der Waals surface area contributed by atoms with Crippen LogP contribution in [0.3, 0.4) is 0 Å². The van der Waals surface area contributed by atoms with Crippen molar-refractivity contribution in [3.8, 4) is 0 Å². The van der Waals surface area contributed by atoms with Crippen LogP contribution in [0.2, 0.25) is 0 Å². The molecular formula is C12H16N4S. The van der Waals surface area contributed by atoms with Crippen LogP contribution < -0.4 is 11.1 Å². The van der Waals surface area contributed by atoms with Crippen molar-refractivity contribution >= 4 is 29.0 Å². The van der Waals surface area contributed by atoms with Crippen LogP contribution in [0.25, 0.3) is 0 Å². The van der Waals surface area contributed by atoms with Crippen molar-refractivity contribution in [1.29, 1.82) is 0 Å². The van der Waals surface area contributed by atoms with Crippen molar-refractivity contribution in [2.24, 2.45) is 10.7 Å². The van der Waals surface area contributed by atoms with E-state index in [0.717, 1.165) is 18.8 Å². The SMILES string of the molecule is N/C(=N\C(=S)Nc1ccccc1)N1CCCC1. The zero-order valence-electron chi connectivity index (χ0n) is 9.60. The van der Waals surface area contributed by atoms with Gasteiger partial charge in [0.1, 0.15) is 0 Å². The average Bonchev–Trinajstić information content (AvgIpc) is 2.83. The molecule has 0 aliphatic carbocycles. The Labute approximate surface area is 107 Å². The van der Waals surface area contributed by atoms with Gasteiger partial charge in [-0.3, -0.25) is 0 Å². The van der Waals surface area contributed by atoms with Crippen molar-refractivity contribution in [3.63, 3.8) is 0 Å². The van der Waals surface area contributed by atoms with Gasteiger partial charge in [0.15, 0.2) is 5.96 Å². The van der Waals surface area contributed by atoms with Gasteiger partial charge in [0, 0.05) is 18.8 Å². The Bertz CT molecular complexity index is 410. The molecule has 0 atom stereocenters. The minimum Gasteiger partial charge on any atom is -0.369 e. The second-order valence-electron chi connectivity index (χ2n) is 3.96. The van der Waals surface area contributed by atoms with E-state index in [0.29, 0.717) is 11.1 Å². The molecule has 1 fully saturated rings. The topological polar surface area (TPSA) is 53.6 Å². The van der Waals surface area contributed by atoms with E-state index in [2.05, 4.69) is 15.2 Å². The van der Waals surface area contributed by atoms with Crippen molar-refractivity contribution in [1.82, 2.24) is 4.90 Å². The molecule has 1 aliphatic heterocycles. The number of hydrogen-bond acceptors (Lipinski definition) is 1. The van der Waals surface area contributed by atoms with Gasteiger partial charge in [0.05, 0.1) is 0 Å². The number of benzene rings is 1. The summed E-state index contributed by atoms with van der Waals surface area (Å²) in [5.41, 5.74) is 6.81. The molecular weight excluding hydrogens is 232 g/mol. The molecule has 4 nitrogen and oxygen atoms in total. The zero-order chi connectivity index (χ0) is 12.1. The highest BCUT2D eigenvalue weighted by molar-refractivity contribution is 7.80. The molecule has 2 rings (SSSR count). The monoisotopic (exact) mass is 248 g/mol. The maximum atomic E-state index is 5.88. The summed E-state index contributed by atoms with van der Waals surface area (Å²) in [5.74, 6) is 0.510. The molecule has 0 amide bonds. The fourth-order valence-corrected chi connectivity index (χ4v) is 2.01. The number of likely N-dealkylation sites (tertiary alicyclic amines) is 1. The minimum atomic E-state index is 0.403. The molecule has 1 heterocycles. The number of thiocarbonyl (C=S) groups is 1. The number of para-hydroxylation sites is 1. The maximum Gasteiger partial charge on any atom is 0.200 e. The van der Waals surface area contributed by atoms with Crippen molar-refractivity contribution < 1.29 is 0 Å². The van der Waals surface area contributed by atoms with Crippen molar-refractivity contribution in [2.45, 2.75) is 12.8 Å². The number of nitrogens with one attached hydrogen (secondary N) is 1. The molecule has 1 saturated heterocycles. The summed E-state index contributed by atoms with van der Waals surface area (Å²) in [7, 11) is 0. The average molecular weight is 248 g/mol. The lowest BCUT2D eigenvalue weighted by atomic mass is 10.3. The van der Waals surface area contributed by atoms with Gasteiger partial charge in [-0.05, 0) is 37.2 Å². The van der Waals surface area contributed by atoms with Gasteiger partial charge in [-0.15, -0.1) is 0 Å². The van der Waals surface area contributed by atoms with Gasteiger partial charge in [0.25, 0.3) is 0 Å². The van der Waals surface area contributed by atoms with E-state index in [1.807, 2.05) is 30.3 Å². The first kappa shape index (κ1) is 11.9. The number of nitrogens with two attached hydrogens (primary N) is 1. The quantitative estimate of drug-likeness (QED) is 0.452. The molecule has 1 aromatic carbocycles. The van der Waals surface area contributed by atoms with Gasteiger partial charge >= 0.3 is 0 Å². The summed E-state index contributed by atoms with van der Waals surface area (Å²) in [5, 5.41) is 3.44. The Kier molecular flexibility index (Phi) is 3.93. The third kappa shape index (κ3) is 3.42. The largest absolute Gasteiger partial charge is 0.369 e. The molecule has 17 heavy (non-hydrogen) atoms. The summed E-state index contributed by atoms with van der Waals surface area (Å²) >= 11 is 5.14. The van der Waals surface area contributed by atoms with Gasteiger partial charge in [-0.2, -0.15) is 4.99 Å². The highest BCUT2D eigenvalue weighted by atomic mass is 32.1. The minimum absolute atomic E-state index is 0.403. The summed E-state index contributed by atoms with van der Waals surface area (Å²) in [6.07, 6.45) is 2.35. The fraction of sp³-hybridized carbons (Fsp3) is 0.333. The highest BCUT2D eigenvalue weighted by Crippen LogP contribution is 2.08. The number of anilines is 1. The number of guanidine groups is 1. The Morgan fingerprint density at radius 3 is 2.53 bits per heavy atom. The maximum absolute atomic E-state index is 5.88. The summed E-state index contributed by atoms with van der Waals surface area (Å²) in [6, 6.07) is 9.72. The second-order valence-corrected chi connectivity index (χ2v) is 4.35. The van der Waals surface area contributed by atoms with Crippen LogP contribution in [0.5, 0.6) is 0 Å². The third-order valence-corrected chi connectivity index (χ3v) is 2.86. The molecule has 0 radical (unpaired) electrons. The van der Waals surface area contributed by atoms with E-state index in [9.17, 15) is 0 Å². The van der Waals surface area contributed by atoms with Crippen LogP contribution in [0.4, 0.5) is 5.69 Å². The van der Waals surface area contributed by atoms with E-state index in [4.69, 9.17) is 18.0 Å². The lowest BCUT2D eigenvalue weighted by Crippen LogP contribution is -2.35. The predicted molar refractivity (Wildman–Crippen MR) is 75.1 cm³/mol. The van der Waals surface area contributed by atoms with Gasteiger partial charge in [-0.1, -0.05) is 18.2 Å². The van der Waals surface area contributed by atoms with Crippen LogP contribution in [-0.2, 0) is 0 Å². The Hall–Kier alpha value is -1.62. The zero-order valence-corrected chi connectivity index (χ0v) is 10.4. The predicted octanol–water partition coefficient (Wildman–Crippen LogP) is 1.79. The second kappa shape index (κ2) is 5.63. The molecule has 5 heteroatoms. The van der Waals surface area contributed by atoms with Crippen LogP contribution in [0, 0.1) is 0 Å². The van der Waals surface area contributed by atoms with E-state index >= 15 is 0 Å². The Morgan fingerprint density at radius 1 is 1.24 bits per heavy atom. The number of aliphatic imine (C=N–C) groups is 1. The standard InChI is InChI=1S/C12H16N4S/c13-11(16-8-4-5-9-16)15-12(17)14-10-6-2-1-3-7-10/h1-3,6-7H,4-5,8-9H2,(H3,13,14,15,17). The van der Waals surface area contributed by atoms with Gasteiger partial charge in [-0.25, -0.2) is 0 Å². The molecule has 90 valence electrons. The first-order chi connectivity index (χ1) is 8.25. The molecule has 3 N–H and O–H groups in total. The summed E-state index contributed by atoms with van der Waals surface area (Å²) in [4.78, 5) is 6.25. The van der Waals surface area contributed by atoms with E-state index in [1.165, 1.54) is 12.8 Å². The number of nitrogens with zero attached hydrogens (tertiary/aromatic N) is 2. The smallest absolute Gasteiger partial charge is 0.200 e. The van der Waals surface area contributed by atoms with Gasteiger partial charge in [0.2, 0.25) is 5.11 Å². The number of hydrogen-bond donors (Lipinski definition) is 2. The first-order valence-electron chi connectivity index (χ1n) is 5.71. The first-order valence-corrected chi connectivity index (χ1v) is 6.12. The highest BCUT2D eigenvalue weighted by Gasteiger charge is 2.13. The third-order valence-electron chi connectivity index (χ3n) is 2.67.